The summed E-state index contributed by atoms with van der Waals surface area (Å²) in [6, 6.07) is 0. The number of hydrogen-bond acceptors (Lipinski definition) is 0. The third kappa shape index (κ3) is 3.27. The van der Waals surface area contributed by atoms with Gasteiger partial charge in [0.15, 0.2) is 0 Å². The topological polar surface area (TPSA) is 0 Å². The molecule has 0 aliphatic rings. The van der Waals surface area contributed by atoms with Crippen molar-refractivity contribution < 1.29 is 0 Å². The first-order valence-electron chi connectivity index (χ1n) is 4.52. The summed E-state index contributed by atoms with van der Waals surface area (Å²) in [5, 5.41) is 2.14. The van der Waals surface area contributed by atoms with Crippen LogP contribution in [0, 0.1) is 0 Å². The van der Waals surface area contributed by atoms with E-state index >= 15 is 0 Å². The Morgan fingerprint density at radius 2 is 1.17 bits per heavy atom. The van der Waals surface area contributed by atoms with Gasteiger partial charge in [-0.1, -0.05) is 61.4 Å². The van der Waals surface area contributed by atoms with E-state index in [-0.39, 0.29) is 7.92 Å². The molecule has 72 valence electrons. The van der Waals surface area contributed by atoms with E-state index in [9.17, 15) is 0 Å². The smallest absolute Gasteiger partial charge is 0.0138 e. The van der Waals surface area contributed by atoms with Crippen molar-refractivity contribution in [1.29, 1.82) is 0 Å². The van der Waals surface area contributed by atoms with Gasteiger partial charge in [0.25, 0.3) is 0 Å². The highest BCUT2D eigenvalue weighted by molar-refractivity contribution is 7.65. The van der Waals surface area contributed by atoms with E-state index in [4.69, 9.17) is 0 Å². The first-order valence-corrected chi connectivity index (χ1v) is 5.87. The fourth-order valence-electron chi connectivity index (χ4n) is 2.15. The second kappa shape index (κ2) is 3.50. The molecule has 0 saturated heterocycles. The third-order valence-electron chi connectivity index (χ3n) is 1.72. The first kappa shape index (κ1) is 12.2. The number of hydrogen-bond donors (Lipinski definition) is 0. The highest BCUT2D eigenvalue weighted by Crippen LogP contribution is 2.63. The van der Waals surface area contributed by atoms with Gasteiger partial charge in [-0.25, -0.2) is 0 Å². The van der Waals surface area contributed by atoms with Crippen LogP contribution in [0.4, 0.5) is 0 Å². The summed E-state index contributed by atoms with van der Waals surface area (Å²) >= 11 is 0. The molecule has 0 N–H and O–H groups in total. The molecule has 0 saturated carbocycles. The summed E-state index contributed by atoms with van der Waals surface area (Å²) in [5.41, 5.74) is 0. The molecule has 0 bridgehead atoms. The van der Waals surface area contributed by atoms with E-state index in [1.54, 1.807) is 0 Å². The highest BCUT2D eigenvalue weighted by Gasteiger charge is 2.34. The van der Waals surface area contributed by atoms with Gasteiger partial charge in [-0.3, -0.25) is 0 Å². The zero-order valence-corrected chi connectivity index (χ0v) is 10.5. The molecule has 0 atom stereocenters. The Labute approximate surface area is 79.2 Å². The highest BCUT2D eigenvalue weighted by atomic mass is 31.1. The normalized spacial score (nSPS) is 13.7. The van der Waals surface area contributed by atoms with Gasteiger partial charge in [-0.15, -0.1) is 0 Å². The van der Waals surface area contributed by atoms with Crippen molar-refractivity contribution in [1.82, 2.24) is 0 Å². The molecule has 0 spiro atoms. The standard InChI is InChI=1S/C11H23P/c1-9(2)12(10(3,4)5)11(6,7)8/h1H2,2-8H3. The van der Waals surface area contributed by atoms with E-state index in [1.165, 1.54) is 5.31 Å². The summed E-state index contributed by atoms with van der Waals surface area (Å²) in [4.78, 5) is 0. The zero-order chi connectivity index (χ0) is 10.2. The van der Waals surface area contributed by atoms with E-state index in [0.717, 1.165) is 0 Å². The molecule has 0 radical (unpaired) electrons. The largest absolute Gasteiger partial charge is 0.0956 e. The van der Waals surface area contributed by atoms with Crippen LogP contribution >= 0.6 is 7.92 Å². The molecule has 1 heteroatoms. The van der Waals surface area contributed by atoms with Crippen LogP contribution in [0.2, 0.25) is 0 Å². The molecule has 0 rings (SSSR count). The average Bonchev–Trinajstić information content (AvgIpc) is 1.49. The summed E-state index contributed by atoms with van der Waals surface area (Å²) in [6.07, 6.45) is 0. The molecule has 0 amide bonds. The monoisotopic (exact) mass is 186 g/mol. The molecule has 0 aromatic rings. The molecule has 0 aliphatic carbocycles. The maximum atomic E-state index is 4.12. The van der Waals surface area contributed by atoms with Gasteiger partial charge in [0.2, 0.25) is 0 Å². The molecule has 0 unspecified atom stereocenters. The van der Waals surface area contributed by atoms with E-state index < -0.39 is 0 Å². The van der Waals surface area contributed by atoms with Crippen LogP contribution in [0.15, 0.2) is 11.9 Å². The molecule has 0 heterocycles. The molecule has 0 fully saturated rings. The van der Waals surface area contributed by atoms with Crippen molar-refractivity contribution >= 4 is 7.92 Å². The van der Waals surface area contributed by atoms with Crippen LogP contribution in [0.25, 0.3) is 0 Å². The summed E-state index contributed by atoms with van der Waals surface area (Å²) in [5.74, 6) is 0. The van der Waals surface area contributed by atoms with Crippen LogP contribution in [-0.2, 0) is 0 Å². The van der Waals surface area contributed by atoms with Gasteiger partial charge in [0.05, 0.1) is 0 Å². The lowest BCUT2D eigenvalue weighted by atomic mass is 10.2. The van der Waals surface area contributed by atoms with Crippen molar-refractivity contribution in [2.45, 2.75) is 58.8 Å². The SMILES string of the molecule is C=C(C)P(C(C)(C)C)C(C)(C)C. The second-order valence-corrected chi connectivity index (χ2v) is 9.53. The first-order chi connectivity index (χ1) is 5.07. The second-order valence-electron chi connectivity index (χ2n) is 5.41. The zero-order valence-electron chi connectivity index (χ0n) is 9.65. The molecule has 0 aromatic carbocycles. The molecule has 0 aliphatic heterocycles. The van der Waals surface area contributed by atoms with E-state index in [0.29, 0.717) is 10.3 Å². The summed E-state index contributed by atoms with van der Waals surface area (Å²) < 4.78 is 0. The average molecular weight is 186 g/mol. The Hall–Kier alpha value is 0.170. The van der Waals surface area contributed by atoms with Crippen molar-refractivity contribution in [2.24, 2.45) is 0 Å². The van der Waals surface area contributed by atoms with Gasteiger partial charge in [0, 0.05) is 0 Å². The minimum absolute atomic E-state index is 0.0962. The summed E-state index contributed by atoms with van der Waals surface area (Å²) in [6.45, 7) is 20.2. The maximum Gasteiger partial charge on any atom is -0.0138 e. The Bertz CT molecular complexity index is 152. The lowest BCUT2D eigenvalue weighted by molar-refractivity contribution is 0.711. The molecular weight excluding hydrogens is 163 g/mol. The molecule has 12 heavy (non-hydrogen) atoms. The lowest BCUT2D eigenvalue weighted by Gasteiger charge is -2.41. The Kier molecular flexibility index (Phi) is 3.55. The van der Waals surface area contributed by atoms with Gasteiger partial charge < -0.3 is 0 Å². The van der Waals surface area contributed by atoms with Gasteiger partial charge in [0.1, 0.15) is 0 Å². The predicted octanol–water partition coefficient (Wildman–Crippen LogP) is 4.60. The maximum absolute atomic E-state index is 4.12. The Morgan fingerprint density at radius 1 is 0.917 bits per heavy atom. The van der Waals surface area contributed by atoms with Gasteiger partial charge in [-0.2, -0.15) is 0 Å². The van der Waals surface area contributed by atoms with E-state index in [2.05, 4.69) is 55.0 Å². The van der Waals surface area contributed by atoms with Crippen molar-refractivity contribution in [3.05, 3.63) is 11.9 Å². The molecular formula is C11H23P. The van der Waals surface area contributed by atoms with Crippen molar-refractivity contribution in [3.63, 3.8) is 0 Å². The fraction of sp³-hybridized carbons (Fsp3) is 0.818. The van der Waals surface area contributed by atoms with Crippen LogP contribution in [-0.4, -0.2) is 10.3 Å². The van der Waals surface area contributed by atoms with Crippen LogP contribution in [0.5, 0.6) is 0 Å². The Balaban J connectivity index is 4.82. The number of allylic oxidation sites excluding steroid dienone is 1. The van der Waals surface area contributed by atoms with Crippen LogP contribution < -0.4 is 0 Å². The van der Waals surface area contributed by atoms with Crippen LogP contribution in [0.1, 0.15) is 48.5 Å². The molecule has 0 aromatic heterocycles. The van der Waals surface area contributed by atoms with E-state index in [1.807, 2.05) is 0 Å². The van der Waals surface area contributed by atoms with Crippen molar-refractivity contribution in [2.75, 3.05) is 0 Å². The minimum atomic E-state index is -0.0962. The summed E-state index contributed by atoms with van der Waals surface area (Å²) in [7, 11) is -0.0962. The quantitative estimate of drug-likeness (QED) is 0.525. The molecule has 0 nitrogen and oxygen atoms in total. The Morgan fingerprint density at radius 3 is 1.17 bits per heavy atom. The van der Waals surface area contributed by atoms with Crippen LogP contribution in [0.3, 0.4) is 0 Å². The predicted molar refractivity (Wildman–Crippen MR) is 61.2 cm³/mol. The van der Waals surface area contributed by atoms with Gasteiger partial charge in [-0.05, 0) is 17.2 Å². The minimum Gasteiger partial charge on any atom is -0.0956 e. The third-order valence-corrected chi connectivity index (χ3v) is 5.17. The lowest BCUT2D eigenvalue weighted by Crippen LogP contribution is -2.24. The number of rotatable bonds is 1. The van der Waals surface area contributed by atoms with Gasteiger partial charge >= 0.3 is 0 Å². The fourth-order valence-corrected chi connectivity index (χ4v) is 6.45. The van der Waals surface area contributed by atoms with Crippen molar-refractivity contribution in [3.8, 4) is 0 Å².